The Bertz CT molecular complexity index is 1420. The summed E-state index contributed by atoms with van der Waals surface area (Å²) in [6, 6.07) is 10.3. The van der Waals surface area contributed by atoms with Crippen LogP contribution in [0.2, 0.25) is 5.02 Å². The van der Waals surface area contributed by atoms with Crippen LogP contribution < -0.4 is 19.7 Å². The fourth-order valence-corrected chi connectivity index (χ4v) is 4.54. The number of aliphatic carboxylic acids is 1. The summed E-state index contributed by atoms with van der Waals surface area (Å²) in [4.78, 5) is 25.9. The van der Waals surface area contributed by atoms with Gasteiger partial charge in [0.1, 0.15) is 23.4 Å². The maximum Gasteiger partial charge on any atom is 0.416 e. The Kier molecular flexibility index (Phi) is 8.73. The molecule has 0 aromatic heterocycles. The third-order valence-electron chi connectivity index (χ3n) is 6.33. The molecule has 0 spiro atoms. The molecule has 0 saturated carbocycles. The maximum absolute atomic E-state index is 15.1. The Labute approximate surface area is 232 Å². The number of fused-ring (bicyclic) bond motifs is 1. The number of anilines is 2. The zero-order valence-corrected chi connectivity index (χ0v) is 22.0. The highest BCUT2D eigenvalue weighted by molar-refractivity contribution is 6.30. The summed E-state index contributed by atoms with van der Waals surface area (Å²) in [6.45, 7) is 0.206. The van der Waals surface area contributed by atoms with Crippen LogP contribution >= 0.6 is 11.6 Å². The molecule has 1 unspecified atom stereocenters. The average molecular weight is 581 g/mol. The van der Waals surface area contributed by atoms with Crippen LogP contribution in [0.4, 0.5) is 28.9 Å². The summed E-state index contributed by atoms with van der Waals surface area (Å²) in [5, 5.41) is 11.9. The van der Waals surface area contributed by atoms with Crippen LogP contribution in [0.15, 0.2) is 54.6 Å². The number of nitrogens with one attached hydrogen (secondary N) is 1. The number of carbonyl (C=O) groups is 2. The number of hydrogen-bond acceptors (Lipinski definition) is 5. The Balaban J connectivity index is 1.69. The smallest absolute Gasteiger partial charge is 0.416 e. The highest BCUT2D eigenvalue weighted by Gasteiger charge is 2.36. The minimum atomic E-state index is -4.60. The predicted octanol–water partition coefficient (Wildman–Crippen LogP) is 6.49. The van der Waals surface area contributed by atoms with Gasteiger partial charge in [-0.2, -0.15) is 13.2 Å². The number of rotatable bonds is 10. The first-order valence-corrected chi connectivity index (χ1v) is 12.6. The van der Waals surface area contributed by atoms with Gasteiger partial charge < -0.3 is 24.8 Å². The first-order valence-electron chi connectivity index (χ1n) is 12.2. The number of benzene rings is 3. The molecule has 1 aliphatic heterocycles. The first kappa shape index (κ1) is 29.0. The van der Waals surface area contributed by atoms with Crippen LogP contribution in [0.1, 0.15) is 35.6 Å². The molecule has 0 radical (unpaired) electrons. The van der Waals surface area contributed by atoms with E-state index in [1.165, 1.54) is 42.3 Å². The molecule has 1 aliphatic rings. The lowest BCUT2D eigenvalue weighted by Gasteiger charge is -2.27. The molecule has 1 heterocycles. The molecule has 0 saturated heterocycles. The molecular weight excluding hydrogens is 556 g/mol. The number of carboxylic acid groups (broad SMARTS) is 1. The van der Waals surface area contributed by atoms with Crippen LogP contribution in [-0.4, -0.2) is 37.2 Å². The fraction of sp³-hybridized carbons (Fsp3) is 0.286. The summed E-state index contributed by atoms with van der Waals surface area (Å²) in [5.41, 5.74) is 0.000124. The van der Waals surface area contributed by atoms with Crippen LogP contribution in [0.3, 0.4) is 0 Å². The molecule has 12 heteroatoms. The summed E-state index contributed by atoms with van der Waals surface area (Å²) in [6.07, 6.45) is -4.11. The van der Waals surface area contributed by atoms with E-state index in [9.17, 15) is 22.8 Å². The molecule has 2 N–H and O–H groups in total. The van der Waals surface area contributed by atoms with E-state index in [0.29, 0.717) is 29.2 Å². The van der Waals surface area contributed by atoms with Crippen molar-refractivity contribution >= 4 is 34.9 Å². The molecule has 212 valence electrons. The molecule has 1 amide bonds. The van der Waals surface area contributed by atoms with Crippen molar-refractivity contribution in [3.63, 3.8) is 0 Å². The van der Waals surface area contributed by atoms with Gasteiger partial charge >= 0.3 is 12.1 Å². The maximum atomic E-state index is 15.1. The van der Waals surface area contributed by atoms with Gasteiger partial charge in [0.25, 0.3) is 5.91 Å². The number of amides is 1. The molecule has 0 bridgehead atoms. The molecule has 3 aromatic rings. The van der Waals surface area contributed by atoms with E-state index >= 15 is 4.39 Å². The van der Waals surface area contributed by atoms with Crippen molar-refractivity contribution in [2.24, 2.45) is 0 Å². The van der Waals surface area contributed by atoms with E-state index < -0.39 is 35.5 Å². The van der Waals surface area contributed by atoms with Crippen molar-refractivity contribution in [1.82, 2.24) is 0 Å². The zero-order valence-electron chi connectivity index (χ0n) is 21.2. The SMILES string of the molecule is COc1cc(NC(C(=O)N2CCc3ccc(C(F)(F)F)cc32)c2ccc(Cl)cc2F)cc(OCCCC(=O)O)c1. The van der Waals surface area contributed by atoms with Gasteiger partial charge in [0.05, 0.1) is 19.3 Å². The highest BCUT2D eigenvalue weighted by Crippen LogP contribution is 2.38. The third kappa shape index (κ3) is 6.77. The number of carboxylic acids is 1. The van der Waals surface area contributed by atoms with Gasteiger partial charge in [-0.15, -0.1) is 0 Å². The monoisotopic (exact) mass is 580 g/mol. The van der Waals surface area contributed by atoms with Gasteiger partial charge in [-0.3, -0.25) is 9.59 Å². The van der Waals surface area contributed by atoms with E-state index in [2.05, 4.69) is 5.32 Å². The Hall–Kier alpha value is -3.99. The van der Waals surface area contributed by atoms with Crippen LogP contribution in [0, 0.1) is 5.82 Å². The number of nitrogens with zero attached hydrogens (tertiary/aromatic N) is 1. The first-order chi connectivity index (χ1) is 19.0. The summed E-state index contributed by atoms with van der Waals surface area (Å²) >= 11 is 5.92. The van der Waals surface area contributed by atoms with Gasteiger partial charge in [0, 0.05) is 53.1 Å². The van der Waals surface area contributed by atoms with E-state index in [1.54, 1.807) is 6.07 Å². The number of halogens is 5. The van der Waals surface area contributed by atoms with E-state index in [4.69, 9.17) is 26.2 Å². The Morgan fingerprint density at radius 3 is 2.52 bits per heavy atom. The second-order valence-electron chi connectivity index (χ2n) is 9.07. The number of methoxy groups -OCH3 is 1. The number of ether oxygens (including phenoxy) is 2. The number of hydrogen-bond donors (Lipinski definition) is 2. The van der Waals surface area contributed by atoms with Gasteiger partial charge in [-0.1, -0.05) is 23.7 Å². The van der Waals surface area contributed by atoms with Crippen molar-refractivity contribution in [2.75, 3.05) is 30.5 Å². The minimum absolute atomic E-state index is 0.0680. The molecular formula is C28H25ClF4N2O5. The normalized spacial score (nSPS) is 13.5. The lowest BCUT2D eigenvalue weighted by atomic mass is 10.0. The van der Waals surface area contributed by atoms with E-state index in [0.717, 1.165) is 18.2 Å². The summed E-state index contributed by atoms with van der Waals surface area (Å²) in [7, 11) is 1.41. The van der Waals surface area contributed by atoms with Gasteiger partial charge in [-0.05, 0) is 42.7 Å². The lowest BCUT2D eigenvalue weighted by Crippen LogP contribution is -2.37. The number of alkyl halides is 3. The van der Waals surface area contributed by atoms with Gasteiger partial charge in [-0.25, -0.2) is 4.39 Å². The average Bonchev–Trinajstić information content (AvgIpc) is 3.32. The van der Waals surface area contributed by atoms with E-state index in [1.807, 2.05) is 0 Å². The molecule has 40 heavy (non-hydrogen) atoms. The highest BCUT2D eigenvalue weighted by atomic mass is 35.5. The minimum Gasteiger partial charge on any atom is -0.497 e. The quantitative estimate of drug-likeness (QED) is 0.210. The van der Waals surface area contributed by atoms with Crippen molar-refractivity contribution in [2.45, 2.75) is 31.5 Å². The largest absolute Gasteiger partial charge is 0.497 e. The van der Waals surface area contributed by atoms with Gasteiger partial charge in [0.15, 0.2) is 0 Å². The third-order valence-corrected chi connectivity index (χ3v) is 6.56. The molecule has 1 atom stereocenters. The molecule has 0 aliphatic carbocycles. The topological polar surface area (TPSA) is 88.1 Å². The van der Waals surface area contributed by atoms with Gasteiger partial charge in [0.2, 0.25) is 0 Å². The fourth-order valence-electron chi connectivity index (χ4n) is 4.38. The van der Waals surface area contributed by atoms with E-state index in [-0.39, 0.29) is 42.3 Å². The molecule has 7 nitrogen and oxygen atoms in total. The standard InChI is InChI=1S/C28H25ClF4N2O5/c1-39-20-13-19(14-21(15-20)40-10-2-3-25(36)37)34-26(22-7-6-18(29)12-23(22)30)27(38)35-9-8-16-4-5-17(11-24(16)35)28(31,32)33/h4-7,11-15,26,34H,2-3,8-10H2,1H3,(H,36,37). The summed E-state index contributed by atoms with van der Waals surface area (Å²) < 4.78 is 66.3. The van der Waals surface area contributed by atoms with Crippen LogP contribution in [0.5, 0.6) is 11.5 Å². The Morgan fingerprint density at radius 2 is 1.85 bits per heavy atom. The molecule has 3 aromatic carbocycles. The zero-order chi connectivity index (χ0) is 29.0. The van der Waals surface area contributed by atoms with Crippen LogP contribution in [-0.2, 0) is 22.2 Å². The molecule has 0 fully saturated rings. The van der Waals surface area contributed by atoms with Crippen molar-refractivity contribution < 1.29 is 41.7 Å². The second-order valence-corrected chi connectivity index (χ2v) is 9.50. The predicted molar refractivity (Wildman–Crippen MR) is 141 cm³/mol. The summed E-state index contributed by atoms with van der Waals surface area (Å²) in [5.74, 6) is -1.78. The Morgan fingerprint density at radius 1 is 1.10 bits per heavy atom. The second kappa shape index (κ2) is 12.0. The molecule has 4 rings (SSSR count). The number of carbonyl (C=O) groups excluding carboxylic acids is 1. The van der Waals surface area contributed by atoms with Crippen molar-refractivity contribution in [3.8, 4) is 11.5 Å². The van der Waals surface area contributed by atoms with Crippen molar-refractivity contribution in [3.05, 3.63) is 82.1 Å². The lowest BCUT2D eigenvalue weighted by molar-refractivity contribution is -0.138. The van der Waals surface area contributed by atoms with Crippen molar-refractivity contribution in [1.29, 1.82) is 0 Å². The van der Waals surface area contributed by atoms with Crippen LogP contribution in [0.25, 0.3) is 0 Å².